The van der Waals surface area contributed by atoms with Gasteiger partial charge in [-0.05, 0) is 41.5 Å². The van der Waals surface area contributed by atoms with Gasteiger partial charge in [0, 0.05) is 10.0 Å². The second kappa shape index (κ2) is 5.16. The summed E-state index contributed by atoms with van der Waals surface area (Å²) in [5.74, 6) is 1.57. The Morgan fingerprint density at radius 2 is 2.04 bits per heavy atom. The third-order valence-electron chi connectivity index (χ3n) is 4.26. The molecule has 0 bridgehead atoms. The van der Waals surface area contributed by atoms with Crippen molar-refractivity contribution in [1.82, 2.24) is 0 Å². The number of ether oxygens (including phenoxy) is 3. The van der Waals surface area contributed by atoms with Crippen LogP contribution in [0.5, 0.6) is 11.5 Å². The number of hydrogen-bond donors (Lipinski definition) is 1. The molecule has 1 spiro atoms. The number of hydrogen-bond acceptors (Lipinski definition) is 5. The van der Waals surface area contributed by atoms with E-state index >= 15 is 0 Å². The van der Waals surface area contributed by atoms with E-state index in [1.165, 1.54) is 0 Å². The SMILES string of the molecule is COc1ccc2c(c1)COc1ccc(Br)cc1C21COC(N)=N1. The molecule has 0 saturated carbocycles. The highest BCUT2D eigenvalue weighted by atomic mass is 79.9. The van der Waals surface area contributed by atoms with Crippen LogP contribution in [-0.4, -0.2) is 19.7 Å². The summed E-state index contributed by atoms with van der Waals surface area (Å²) in [6.45, 7) is 0.795. The molecule has 2 heterocycles. The molecule has 0 aliphatic carbocycles. The third-order valence-corrected chi connectivity index (χ3v) is 4.75. The molecule has 2 aromatic carbocycles. The summed E-state index contributed by atoms with van der Waals surface area (Å²) in [4.78, 5) is 4.65. The molecule has 0 radical (unpaired) electrons. The summed E-state index contributed by atoms with van der Waals surface area (Å²) < 4.78 is 17.8. The second-order valence-electron chi connectivity index (χ2n) is 5.55. The van der Waals surface area contributed by atoms with Crippen LogP contribution in [0.3, 0.4) is 0 Å². The lowest BCUT2D eigenvalue weighted by Gasteiger charge is -2.26. The first-order valence-corrected chi connectivity index (χ1v) is 8.00. The summed E-state index contributed by atoms with van der Waals surface area (Å²) in [5.41, 5.74) is 8.13. The van der Waals surface area contributed by atoms with Gasteiger partial charge in [0.2, 0.25) is 0 Å². The number of nitrogens with zero attached hydrogens (tertiary/aromatic N) is 1. The molecule has 2 aliphatic heterocycles. The number of halogens is 1. The standard InChI is InChI=1S/C17H15BrN2O3/c1-21-12-3-4-13-10(6-12)8-22-15-5-2-11(18)7-14(15)17(13)9-23-16(19)20-17/h2-7H,8-9H2,1H3,(H2,19,20). The first-order chi connectivity index (χ1) is 11.1. The van der Waals surface area contributed by atoms with Gasteiger partial charge in [-0.2, -0.15) is 0 Å². The van der Waals surface area contributed by atoms with E-state index in [-0.39, 0.29) is 6.02 Å². The van der Waals surface area contributed by atoms with Crippen molar-refractivity contribution in [2.45, 2.75) is 12.1 Å². The normalized spacial score (nSPS) is 21.6. The van der Waals surface area contributed by atoms with Gasteiger partial charge in [-0.3, -0.25) is 0 Å². The van der Waals surface area contributed by atoms with E-state index in [1.54, 1.807) is 7.11 Å². The molecule has 5 nitrogen and oxygen atoms in total. The molecule has 4 rings (SSSR count). The lowest BCUT2D eigenvalue weighted by molar-refractivity contribution is 0.275. The highest BCUT2D eigenvalue weighted by Crippen LogP contribution is 2.46. The summed E-state index contributed by atoms with van der Waals surface area (Å²) in [7, 11) is 1.65. The molecule has 2 N–H and O–H groups in total. The van der Waals surface area contributed by atoms with Crippen LogP contribution in [0.25, 0.3) is 0 Å². The number of fused-ring (bicyclic) bond motifs is 4. The fourth-order valence-electron chi connectivity index (χ4n) is 3.18. The smallest absolute Gasteiger partial charge is 0.283 e. The number of rotatable bonds is 1. The maximum Gasteiger partial charge on any atom is 0.283 e. The fraction of sp³-hybridized carbons (Fsp3) is 0.235. The predicted octanol–water partition coefficient (Wildman–Crippen LogP) is 2.94. The molecule has 6 heteroatoms. The zero-order chi connectivity index (χ0) is 16.0. The molecule has 118 valence electrons. The van der Waals surface area contributed by atoms with Gasteiger partial charge in [0.05, 0.1) is 7.11 Å². The van der Waals surface area contributed by atoms with Crippen LogP contribution in [0.2, 0.25) is 0 Å². The van der Waals surface area contributed by atoms with Gasteiger partial charge in [-0.25, -0.2) is 4.99 Å². The summed E-state index contributed by atoms with van der Waals surface area (Å²) >= 11 is 3.53. The number of benzene rings is 2. The van der Waals surface area contributed by atoms with Crippen molar-refractivity contribution in [3.8, 4) is 11.5 Å². The van der Waals surface area contributed by atoms with Crippen molar-refractivity contribution in [2.24, 2.45) is 10.7 Å². The molecule has 0 saturated heterocycles. The fourth-order valence-corrected chi connectivity index (χ4v) is 3.54. The van der Waals surface area contributed by atoms with Crippen molar-refractivity contribution < 1.29 is 14.2 Å². The zero-order valence-electron chi connectivity index (χ0n) is 12.5. The van der Waals surface area contributed by atoms with Crippen molar-refractivity contribution in [3.63, 3.8) is 0 Å². The van der Waals surface area contributed by atoms with Gasteiger partial charge < -0.3 is 19.9 Å². The van der Waals surface area contributed by atoms with E-state index in [9.17, 15) is 0 Å². The first-order valence-electron chi connectivity index (χ1n) is 7.21. The highest BCUT2D eigenvalue weighted by molar-refractivity contribution is 9.10. The van der Waals surface area contributed by atoms with Gasteiger partial charge in [0.15, 0.2) is 5.54 Å². The average molecular weight is 375 g/mol. The Morgan fingerprint density at radius 1 is 1.17 bits per heavy atom. The molecule has 2 aromatic rings. The van der Waals surface area contributed by atoms with E-state index in [0.29, 0.717) is 13.2 Å². The summed E-state index contributed by atoms with van der Waals surface area (Å²) in [5, 5.41) is 0. The Balaban J connectivity index is 2.01. The lowest BCUT2D eigenvalue weighted by atomic mass is 9.82. The summed E-state index contributed by atoms with van der Waals surface area (Å²) in [6, 6.07) is 12.0. The van der Waals surface area contributed by atoms with E-state index in [2.05, 4.69) is 20.9 Å². The topological polar surface area (TPSA) is 66.1 Å². The Hall–Kier alpha value is -2.21. The molecular formula is C17H15BrN2O3. The number of aliphatic imine (C=N–C) groups is 1. The minimum Gasteiger partial charge on any atom is -0.497 e. The lowest BCUT2D eigenvalue weighted by Crippen LogP contribution is -2.27. The van der Waals surface area contributed by atoms with Crippen molar-refractivity contribution >= 4 is 22.0 Å². The van der Waals surface area contributed by atoms with E-state index in [4.69, 9.17) is 19.9 Å². The minimum absolute atomic E-state index is 0.194. The number of amidine groups is 1. The monoisotopic (exact) mass is 374 g/mol. The van der Waals surface area contributed by atoms with E-state index in [1.807, 2.05) is 36.4 Å². The maximum absolute atomic E-state index is 6.01. The Bertz CT molecular complexity index is 821. The van der Waals surface area contributed by atoms with Crippen LogP contribution in [0.15, 0.2) is 45.9 Å². The average Bonchev–Trinajstić information content (AvgIpc) is 2.90. The van der Waals surface area contributed by atoms with Crippen LogP contribution in [0.4, 0.5) is 0 Å². The van der Waals surface area contributed by atoms with Crippen molar-refractivity contribution in [1.29, 1.82) is 0 Å². The van der Waals surface area contributed by atoms with Crippen molar-refractivity contribution in [2.75, 3.05) is 13.7 Å². The molecule has 23 heavy (non-hydrogen) atoms. The molecule has 1 atom stereocenters. The van der Waals surface area contributed by atoms with E-state index < -0.39 is 5.54 Å². The van der Waals surface area contributed by atoms with Crippen LogP contribution in [-0.2, 0) is 16.9 Å². The highest BCUT2D eigenvalue weighted by Gasteiger charge is 2.45. The molecule has 2 aliphatic rings. The van der Waals surface area contributed by atoms with Gasteiger partial charge in [0.1, 0.15) is 24.7 Å². The maximum atomic E-state index is 6.01. The molecule has 0 amide bonds. The third kappa shape index (κ3) is 2.16. The van der Waals surface area contributed by atoms with Crippen LogP contribution in [0.1, 0.15) is 16.7 Å². The zero-order valence-corrected chi connectivity index (χ0v) is 14.1. The predicted molar refractivity (Wildman–Crippen MR) is 89.8 cm³/mol. The summed E-state index contributed by atoms with van der Waals surface area (Å²) in [6.07, 6.45) is 0. The number of methoxy groups -OCH3 is 1. The van der Waals surface area contributed by atoms with Gasteiger partial charge in [-0.1, -0.05) is 22.0 Å². The van der Waals surface area contributed by atoms with E-state index in [0.717, 1.165) is 32.7 Å². The quantitative estimate of drug-likeness (QED) is 0.833. The first kappa shape index (κ1) is 14.4. The Kier molecular flexibility index (Phi) is 3.23. The molecule has 0 fully saturated rings. The van der Waals surface area contributed by atoms with Gasteiger partial charge in [-0.15, -0.1) is 0 Å². The van der Waals surface area contributed by atoms with Crippen LogP contribution in [0, 0.1) is 0 Å². The Labute approximate surface area is 142 Å². The van der Waals surface area contributed by atoms with Gasteiger partial charge >= 0.3 is 0 Å². The minimum atomic E-state index is -0.693. The second-order valence-corrected chi connectivity index (χ2v) is 6.47. The molecule has 0 aromatic heterocycles. The van der Waals surface area contributed by atoms with Gasteiger partial charge in [0.25, 0.3) is 6.02 Å². The van der Waals surface area contributed by atoms with Crippen LogP contribution >= 0.6 is 15.9 Å². The van der Waals surface area contributed by atoms with Crippen molar-refractivity contribution in [3.05, 3.63) is 57.6 Å². The Morgan fingerprint density at radius 3 is 2.78 bits per heavy atom. The largest absolute Gasteiger partial charge is 0.497 e. The van der Waals surface area contributed by atoms with Crippen LogP contribution < -0.4 is 15.2 Å². The molecule has 1 unspecified atom stereocenters. The number of nitrogens with two attached hydrogens (primary N) is 1. The molecular weight excluding hydrogens is 360 g/mol.